The van der Waals surface area contributed by atoms with Gasteiger partial charge in [0.2, 0.25) is 0 Å². The molecule has 0 spiro atoms. The molecule has 1 nitrogen and oxygen atoms in total. The summed E-state index contributed by atoms with van der Waals surface area (Å²) in [7, 11) is 0. The van der Waals surface area contributed by atoms with Gasteiger partial charge in [-0.15, -0.1) is 0 Å². The van der Waals surface area contributed by atoms with Crippen molar-refractivity contribution in [2.45, 2.75) is 25.4 Å². The highest BCUT2D eigenvalue weighted by Crippen LogP contribution is 2.30. The first-order valence-electron chi connectivity index (χ1n) is 4.53. The van der Waals surface area contributed by atoms with E-state index in [1.165, 1.54) is 12.8 Å². The SMILES string of the molecule is Clc1cc(Br)cc(CNC2CC2)c1Cl. The van der Waals surface area contributed by atoms with Crippen LogP contribution < -0.4 is 5.32 Å². The summed E-state index contributed by atoms with van der Waals surface area (Å²) in [6, 6.07) is 4.50. The molecule has 0 atom stereocenters. The molecular formula is C10H10BrCl2N. The molecule has 0 amide bonds. The summed E-state index contributed by atoms with van der Waals surface area (Å²) < 4.78 is 0.972. The molecule has 2 rings (SSSR count). The zero-order chi connectivity index (χ0) is 10.1. The van der Waals surface area contributed by atoms with E-state index in [2.05, 4.69) is 21.2 Å². The predicted molar refractivity (Wildman–Crippen MR) is 64.0 cm³/mol. The van der Waals surface area contributed by atoms with Crippen molar-refractivity contribution in [1.29, 1.82) is 0 Å². The van der Waals surface area contributed by atoms with Gasteiger partial charge < -0.3 is 5.32 Å². The van der Waals surface area contributed by atoms with Crippen molar-refractivity contribution in [1.82, 2.24) is 5.32 Å². The summed E-state index contributed by atoms with van der Waals surface area (Å²) in [6.07, 6.45) is 2.55. The van der Waals surface area contributed by atoms with E-state index in [0.29, 0.717) is 16.1 Å². The monoisotopic (exact) mass is 293 g/mol. The molecule has 0 radical (unpaired) electrons. The molecule has 76 valence electrons. The van der Waals surface area contributed by atoms with Crippen LogP contribution in [0.1, 0.15) is 18.4 Å². The van der Waals surface area contributed by atoms with Gasteiger partial charge in [0.25, 0.3) is 0 Å². The molecule has 0 saturated heterocycles. The quantitative estimate of drug-likeness (QED) is 0.831. The fraction of sp³-hybridized carbons (Fsp3) is 0.400. The summed E-state index contributed by atoms with van der Waals surface area (Å²) in [5, 5.41) is 4.67. The van der Waals surface area contributed by atoms with E-state index in [0.717, 1.165) is 16.6 Å². The Morgan fingerprint density at radius 2 is 2.07 bits per heavy atom. The number of hydrogen-bond donors (Lipinski definition) is 1. The van der Waals surface area contributed by atoms with Crippen LogP contribution in [0.2, 0.25) is 10.0 Å². The smallest absolute Gasteiger partial charge is 0.0638 e. The lowest BCUT2D eigenvalue weighted by atomic mass is 10.2. The zero-order valence-corrected chi connectivity index (χ0v) is 10.6. The van der Waals surface area contributed by atoms with Gasteiger partial charge in [-0.3, -0.25) is 0 Å². The molecule has 0 aliphatic heterocycles. The van der Waals surface area contributed by atoms with Crippen molar-refractivity contribution >= 4 is 39.1 Å². The van der Waals surface area contributed by atoms with Gasteiger partial charge in [-0.25, -0.2) is 0 Å². The minimum Gasteiger partial charge on any atom is -0.310 e. The number of hydrogen-bond acceptors (Lipinski definition) is 1. The van der Waals surface area contributed by atoms with Gasteiger partial charge in [0.1, 0.15) is 0 Å². The molecule has 1 N–H and O–H groups in total. The van der Waals surface area contributed by atoms with Crippen LogP contribution in [0.15, 0.2) is 16.6 Å². The Morgan fingerprint density at radius 1 is 1.36 bits per heavy atom. The maximum absolute atomic E-state index is 6.08. The van der Waals surface area contributed by atoms with Crippen LogP contribution in [0.4, 0.5) is 0 Å². The first kappa shape index (κ1) is 10.7. The molecular weight excluding hydrogens is 285 g/mol. The fourth-order valence-electron chi connectivity index (χ4n) is 1.28. The van der Waals surface area contributed by atoms with Crippen molar-refractivity contribution in [3.05, 3.63) is 32.2 Å². The highest BCUT2D eigenvalue weighted by molar-refractivity contribution is 9.10. The van der Waals surface area contributed by atoms with Crippen molar-refractivity contribution in [3.8, 4) is 0 Å². The minimum atomic E-state index is 0.605. The lowest BCUT2D eigenvalue weighted by molar-refractivity contribution is 0.688. The van der Waals surface area contributed by atoms with Crippen LogP contribution in [0.25, 0.3) is 0 Å². The second kappa shape index (κ2) is 4.40. The van der Waals surface area contributed by atoms with E-state index in [4.69, 9.17) is 23.2 Å². The normalized spacial score (nSPS) is 15.9. The molecule has 1 aromatic carbocycles. The van der Waals surface area contributed by atoms with Crippen molar-refractivity contribution in [2.24, 2.45) is 0 Å². The molecule has 0 heterocycles. The molecule has 1 aliphatic rings. The third kappa shape index (κ3) is 2.63. The average Bonchev–Trinajstić information content (AvgIpc) is 2.92. The molecule has 0 unspecified atom stereocenters. The molecule has 0 bridgehead atoms. The standard InChI is InChI=1S/C10H10BrCl2N/c11-7-3-6(5-14-8-1-2-8)10(13)9(12)4-7/h3-4,8,14H,1-2,5H2. The third-order valence-electron chi connectivity index (χ3n) is 2.23. The second-order valence-electron chi connectivity index (χ2n) is 3.52. The van der Waals surface area contributed by atoms with Crippen LogP contribution in [0, 0.1) is 0 Å². The summed E-state index contributed by atoms with van der Waals surface area (Å²) in [6.45, 7) is 0.794. The van der Waals surface area contributed by atoms with Crippen LogP contribution in [0.3, 0.4) is 0 Å². The van der Waals surface area contributed by atoms with E-state index >= 15 is 0 Å². The Labute approximate surface area is 102 Å². The number of rotatable bonds is 3. The summed E-state index contributed by atoms with van der Waals surface area (Å²) >= 11 is 15.4. The second-order valence-corrected chi connectivity index (χ2v) is 5.22. The van der Waals surface area contributed by atoms with Crippen molar-refractivity contribution in [2.75, 3.05) is 0 Å². The van der Waals surface area contributed by atoms with Gasteiger partial charge in [0.15, 0.2) is 0 Å². The van der Waals surface area contributed by atoms with Crippen LogP contribution >= 0.6 is 39.1 Å². The Balaban J connectivity index is 2.13. The Kier molecular flexibility index (Phi) is 3.38. The van der Waals surface area contributed by atoms with E-state index < -0.39 is 0 Å². The van der Waals surface area contributed by atoms with Gasteiger partial charge in [0.05, 0.1) is 10.0 Å². The highest BCUT2D eigenvalue weighted by atomic mass is 79.9. The van der Waals surface area contributed by atoms with Gasteiger partial charge in [-0.2, -0.15) is 0 Å². The maximum Gasteiger partial charge on any atom is 0.0638 e. The number of nitrogens with one attached hydrogen (secondary N) is 1. The van der Waals surface area contributed by atoms with Crippen LogP contribution in [-0.2, 0) is 6.54 Å². The molecule has 1 aromatic rings. The average molecular weight is 295 g/mol. The molecule has 0 aromatic heterocycles. The number of benzene rings is 1. The van der Waals surface area contributed by atoms with E-state index in [1.54, 1.807) is 0 Å². The minimum absolute atomic E-state index is 0.605. The predicted octanol–water partition coefficient (Wildman–Crippen LogP) is 4.01. The summed E-state index contributed by atoms with van der Waals surface area (Å²) in [5.41, 5.74) is 1.05. The third-order valence-corrected chi connectivity index (χ3v) is 3.53. The summed E-state index contributed by atoms with van der Waals surface area (Å²) in [5.74, 6) is 0. The first-order chi connectivity index (χ1) is 6.66. The maximum atomic E-state index is 6.08. The first-order valence-corrected chi connectivity index (χ1v) is 6.08. The number of halogens is 3. The van der Waals surface area contributed by atoms with E-state index in [9.17, 15) is 0 Å². The van der Waals surface area contributed by atoms with E-state index in [1.807, 2.05) is 12.1 Å². The molecule has 14 heavy (non-hydrogen) atoms. The Morgan fingerprint density at radius 3 is 2.71 bits per heavy atom. The fourth-order valence-corrected chi connectivity index (χ4v) is 2.33. The van der Waals surface area contributed by atoms with Gasteiger partial charge in [0, 0.05) is 17.1 Å². The van der Waals surface area contributed by atoms with Crippen LogP contribution in [-0.4, -0.2) is 6.04 Å². The van der Waals surface area contributed by atoms with Gasteiger partial charge in [-0.05, 0) is 30.5 Å². The Hall–Kier alpha value is 0.240. The van der Waals surface area contributed by atoms with Gasteiger partial charge in [-0.1, -0.05) is 39.1 Å². The van der Waals surface area contributed by atoms with Crippen molar-refractivity contribution < 1.29 is 0 Å². The lowest BCUT2D eigenvalue weighted by Gasteiger charge is -2.07. The molecule has 4 heteroatoms. The highest BCUT2D eigenvalue weighted by Gasteiger charge is 2.20. The molecule has 1 saturated carbocycles. The van der Waals surface area contributed by atoms with Gasteiger partial charge >= 0.3 is 0 Å². The van der Waals surface area contributed by atoms with Crippen molar-refractivity contribution in [3.63, 3.8) is 0 Å². The van der Waals surface area contributed by atoms with Crippen LogP contribution in [0.5, 0.6) is 0 Å². The van der Waals surface area contributed by atoms with E-state index in [-0.39, 0.29) is 0 Å². The largest absolute Gasteiger partial charge is 0.310 e. The summed E-state index contributed by atoms with van der Waals surface area (Å²) in [4.78, 5) is 0. The zero-order valence-electron chi connectivity index (χ0n) is 7.49. The molecule has 1 aliphatic carbocycles. The Bertz CT molecular complexity index is 350. The topological polar surface area (TPSA) is 12.0 Å². The molecule has 1 fully saturated rings. The lowest BCUT2D eigenvalue weighted by Crippen LogP contribution is -2.15.